The largest absolute Gasteiger partial charge is 0.346 e. The fourth-order valence-electron chi connectivity index (χ4n) is 2.81. The number of amides is 1. The standard InChI is InChI=1S/C17H26N2O.ClH/c1-19(17(20)16-10-12-18-13-11-16)14-6-5-9-15-7-3-2-4-8-15;/h2-4,7-8,16,18H,5-6,9-14H2,1H3;1H. The summed E-state index contributed by atoms with van der Waals surface area (Å²) in [5.41, 5.74) is 1.39. The predicted molar refractivity (Wildman–Crippen MR) is 89.9 cm³/mol. The Balaban J connectivity index is 0.00000220. The maximum absolute atomic E-state index is 12.3. The van der Waals surface area contributed by atoms with E-state index in [1.807, 2.05) is 11.9 Å². The average Bonchev–Trinajstić information content (AvgIpc) is 2.52. The van der Waals surface area contributed by atoms with Crippen LogP contribution in [-0.4, -0.2) is 37.5 Å². The molecule has 0 aromatic heterocycles. The molecule has 1 aromatic carbocycles. The molecule has 1 aliphatic heterocycles. The molecule has 1 aromatic rings. The molecule has 2 rings (SSSR count). The molecule has 1 N–H and O–H groups in total. The van der Waals surface area contributed by atoms with Gasteiger partial charge in [0.15, 0.2) is 0 Å². The van der Waals surface area contributed by atoms with Crippen molar-refractivity contribution >= 4 is 18.3 Å². The maximum atomic E-state index is 12.3. The van der Waals surface area contributed by atoms with Gasteiger partial charge in [0.05, 0.1) is 0 Å². The molecule has 21 heavy (non-hydrogen) atoms. The Bertz CT molecular complexity index is 405. The molecule has 1 amide bonds. The Morgan fingerprint density at radius 2 is 1.86 bits per heavy atom. The highest BCUT2D eigenvalue weighted by molar-refractivity contribution is 5.85. The summed E-state index contributed by atoms with van der Waals surface area (Å²) >= 11 is 0. The van der Waals surface area contributed by atoms with Crippen molar-refractivity contribution in [1.82, 2.24) is 10.2 Å². The second-order valence-electron chi connectivity index (χ2n) is 5.73. The number of benzene rings is 1. The molecular weight excluding hydrogens is 284 g/mol. The molecule has 3 nitrogen and oxygen atoms in total. The van der Waals surface area contributed by atoms with Gasteiger partial charge in [-0.05, 0) is 50.8 Å². The van der Waals surface area contributed by atoms with Gasteiger partial charge in [-0.2, -0.15) is 0 Å². The predicted octanol–water partition coefficient (Wildman–Crippen LogP) is 2.89. The van der Waals surface area contributed by atoms with Gasteiger partial charge in [0, 0.05) is 19.5 Å². The Morgan fingerprint density at radius 1 is 1.19 bits per heavy atom. The van der Waals surface area contributed by atoms with Crippen LogP contribution in [0.1, 0.15) is 31.2 Å². The molecule has 118 valence electrons. The van der Waals surface area contributed by atoms with Crippen LogP contribution in [0.2, 0.25) is 0 Å². The zero-order valence-corrected chi connectivity index (χ0v) is 13.7. The lowest BCUT2D eigenvalue weighted by Crippen LogP contribution is -2.39. The van der Waals surface area contributed by atoms with Crippen molar-refractivity contribution in [3.8, 4) is 0 Å². The number of unbranched alkanes of at least 4 members (excludes halogenated alkanes) is 1. The van der Waals surface area contributed by atoms with E-state index in [9.17, 15) is 4.79 Å². The van der Waals surface area contributed by atoms with Gasteiger partial charge in [0.2, 0.25) is 5.91 Å². The van der Waals surface area contributed by atoms with Crippen molar-refractivity contribution in [3.63, 3.8) is 0 Å². The average molecular weight is 311 g/mol. The molecule has 0 spiro atoms. The van der Waals surface area contributed by atoms with Gasteiger partial charge in [-0.1, -0.05) is 30.3 Å². The number of hydrogen-bond acceptors (Lipinski definition) is 2. The monoisotopic (exact) mass is 310 g/mol. The number of nitrogens with one attached hydrogen (secondary N) is 1. The van der Waals surface area contributed by atoms with Gasteiger partial charge in [-0.15, -0.1) is 12.4 Å². The Morgan fingerprint density at radius 3 is 2.52 bits per heavy atom. The summed E-state index contributed by atoms with van der Waals surface area (Å²) in [5, 5.41) is 3.31. The minimum atomic E-state index is 0. The summed E-state index contributed by atoms with van der Waals surface area (Å²) in [7, 11) is 1.95. The third kappa shape index (κ3) is 6.06. The Labute approximate surface area is 134 Å². The number of carbonyl (C=O) groups is 1. The number of halogens is 1. The normalized spacial score (nSPS) is 15.3. The number of aryl methyl sites for hydroxylation is 1. The van der Waals surface area contributed by atoms with E-state index in [2.05, 4.69) is 35.6 Å². The summed E-state index contributed by atoms with van der Waals surface area (Å²) in [6.45, 7) is 2.85. The van der Waals surface area contributed by atoms with E-state index < -0.39 is 0 Å². The quantitative estimate of drug-likeness (QED) is 0.819. The minimum Gasteiger partial charge on any atom is -0.346 e. The van der Waals surface area contributed by atoms with Crippen LogP contribution >= 0.6 is 12.4 Å². The van der Waals surface area contributed by atoms with Crippen LogP contribution in [0.5, 0.6) is 0 Å². The maximum Gasteiger partial charge on any atom is 0.225 e. The minimum absolute atomic E-state index is 0. The number of rotatable bonds is 6. The van der Waals surface area contributed by atoms with Gasteiger partial charge in [-0.25, -0.2) is 0 Å². The van der Waals surface area contributed by atoms with E-state index in [1.165, 1.54) is 5.56 Å². The van der Waals surface area contributed by atoms with E-state index >= 15 is 0 Å². The fourth-order valence-corrected chi connectivity index (χ4v) is 2.81. The molecule has 1 heterocycles. The zero-order chi connectivity index (χ0) is 14.2. The second kappa shape index (κ2) is 9.80. The highest BCUT2D eigenvalue weighted by atomic mass is 35.5. The summed E-state index contributed by atoms with van der Waals surface area (Å²) in [5.74, 6) is 0.585. The van der Waals surface area contributed by atoms with E-state index in [0.29, 0.717) is 5.91 Å². The van der Waals surface area contributed by atoms with Gasteiger partial charge >= 0.3 is 0 Å². The molecule has 0 saturated carbocycles. The fraction of sp³-hybridized carbons (Fsp3) is 0.588. The summed E-state index contributed by atoms with van der Waals surface area (Å²) in [6, 6.07) is 10.6. The number of piperidine rings is 1. The van der Waals surface area contributed by atoms with E-state index in [1.54, 1.807) is 0 Å². The lowest BCUT2D eigenvalue weighted by atomic mass is 9.96. The topological polar surface area (TPSA) is 32.3 Å². The third-order valence-corrected chi connectivity index (χ3v) is 4.12. The summed E-state index contributed by atoms with van der Waals surface area (Å²) < 4.78 is 0. The van der Waals surface area contributed by atoms with Crippen LogP contribution in [0, 0.1) is 5.92 Å². The second-order valence-corrected chi connectivity index (χ2v) is 5.73. The van der Waals surface area contributed by atoms with Crippen molar-refractivity contribution in [1.29, 1.82) is 0 Å². The van der Waals surface area contributed by atoms with Crippen LogP contribution in [0.3, 0.4) is 0 Å². The molecule has 4 heteroatoms. The van der Waals surface area contributed by atoms with Crippen molar-refractivity contribution in [2.24, 2.45) is 5.92 Å². The molecular formula is C17H27ClN2O. The molecule has 1 aliphatic rings. The van der Waals surface area contributed by atoms with E-state index in [4.69, 9.17) is 0 Å². The Hall–Kier alpha value is -1.06. The number of hydrogen-bond donors (Lipinski definition) is 1. The first kappa shape index (κ1) is 18.0. The molecule has 0 aliphatic carbocycles. The van der Waals surface area contributed by atoms with Crippen LogP contribution in [0.4, 0.5) is 0 Å². The van der Waals surface area contributed by atoms with Crippen LogP contribution in [0.25, 0.3) is 0 Å². The van der Waals surface area contributed by atoms with Crippen molar-refractivity contribution in [2.75, 3.05) is 26.7 Å². The first-order valence-corrected chi connectivity index (χ1v) is 7.77. The van der Waals surface area contributed by atoms with Gasteiger partial charge in [-0.3, -0.25) is 4.79 Å². The van der Waals surface area contributed by atoms with E-state index in [-0.39, 0.29) is 18.3 Å². The molecule has 1 fully saturated rings. The highest BCUT2D eigenvalue weighted by Gasteiger charge is 2.23. The first-order valence-electron chi connectivity index (χ1n) is 7.77. The molecule has 0 bridgehead atoms. The lowest BCUT2D eigenvalue weighted by molar-refractivity contribution is -0.135. The molecule has 0 atom stereocenters. The van der Waals surface area contributed by atoms with Crippen molar-refractivity contribution in [2.45, 2.75) is 32.1 Å². The number of nitrogens with zero attached hydrogens (tertiary/aromatic N) is 1. The van der Waals surface area contributed by atoms with Crippen LogP contribution < -0.4 is 5.32 Å². The number of carbonyl (C=O) groups excluding carboxylic acids is 1. The Kier molecular flexibility index (Phi) is 8.40. The smallest absolute Gasteiger partial charge is 0.225 e. The molecule has 1 saturated heterocycles. The van der Waals surface area contributed by atoms with Gasteiger partial charge < -0.3 is 10.2 Å². The third-order valence-electron chi connectivity index (χ3n) is 4.12. The molecule has 0 unspecified atom stereocenters. The zero-order valence-electron chi connectivity index (χ0n) is 12.9. The SMILES string of the molecule is CN(CCCCc1ccccc1)C(=O)C1CCNCC1.Cl. The van der Waals surface area contributed by atoms with Crippen LogP contribution in [0.15, 0.2) is 30.3 Å². The van der Waals surface area contributed by atoms with Crippen molar-refractivity contribution in [3.05, 3.63) is 35.9 Å². The van der Waals surface area contributed by atoms with Gasteiger partial charge in [0.1, 0.15) is 0 Å². The van der Waals surface area contributed by atoms with Gasteiger partial charge in [0.25, 0.3) is 0 Å². The van der Waals surface area contributed by atoms with E-state index in [0.717, 1.165) is 51.7 Å². The molecule has 0 radical (unpaired) electrons. The highest BCUT2D eigenvalue weighted by Crippen LogP contribution is 2.15. The van der Waals surface area contributed by atoms with Crippen molar-refractivity contribution < 1.29 is 4.79 Å². The summed E-state index contributed by atoms with van der Waals surface area (Å²) in [4.78, 5) is 14.2. The lowest BCUT2D eigenvalue weighted by Gasteiger charge is -2.27. The first-order chi connectivity index (χ1) is 9.77. The summed E-state index contributed by atoms with van der Waals surface area (Å²) in [6.07, 6.45) is 5.33. The van der Waals surface area contributed by atoms with Crippen LogP contribution in [-0.2, 0) is 11.2 Å².